The molecule has 0 aliphatic carbocycles. The summed E-state index contributed by atoms with van der Waals surface area (Å²) in [5, 5.41) is 7.47. The number of nitrogens with two attached hydrogens (primary N) is 1. The fourth-order valence-corrected chi connectivity index (χ4v) is 2.91. The molecule has 0 bridgehead atoms. The van der Waals surface area contributed by atoms with Gasteiger partial charge in [-0.15, -0.1) is 0 Å². The average Bonchev–Trinajstić information content (AvgIpc) is 2.57. The molecule has 2 amide bonds. The first-order chi connectivity index (χ1) is 12.3. The molecule has 0 aromatic heterocycles. The lowest BCUT2D eigenvalue weighted by Crippen LogP contribution is -2.86. The van der Waals surface area contributed by atoms with Gasteiger partial charge in [0.25, 0.3) is 5.91 Å². The molecule has 2 aromatic carbocycles. The molecule has 0 fully saturated rings. The molecule has 0 saturated carbocycles. The zero-order valence-corrected chi connectivity index (χ0v) is 15.8. The molecule has 0 saturated heterocycles. The van der Waals surface area contributed by atoms with E-state index in [-0.39, 0.29) is 29.4 Å². The maximum Gasteiger partial charge on any atom is 0.279 e. The highest BCUT2D eigenvalue weighted by Crippen LogP contribution is 2.27. The summed E-state index contributed by atoms with van der Waals surface area (Å²) in [7, 11) is 0. The second-order valence-corrected chi connectivity index (χ2v) is 6.64. The monoisotopic (exact) mass is 398 g/mol. The van der Waals surface area contributed by atoms with Gasteiger partial charge in [0, 0.05) is 23.9 Å². The number of carbonyl (C=O) groups is 2. The lowest BCUT2D eigenvalue weighted by molar-refractivity contribution is -0.682. The number of rotatable bonds is 6. The molecule has 26 heavy (non-hydrogen) atoms. The lowest BCUT2D eigenvalue weighted by Gasteiger charge is -2.13. The Labute approximate surface area is 160 Å². The van der Waals surface area contributed by atoms with Gasteiger partial charge in [-0.2, -0.15) is 0 Å². The number of hydrogen-bond donors (Lipinski definition) is 3. The Morgan fingerprint density at radius 1 is 1.08 bits per heavy atom. The molecule has 0 heterocycles. The largest absolute Gasteiger partial charge is 0.332 e. The van der Waals surface area contributed by atoms with Crippen LogP contribution in [0, 0.1) is 5.82 Å². The van der Waals surface area contributed by atoms with Crippen LogP contribution in [0.15, 0.2) is 36.4 Å². The third-order valence-corrected chi connectivity index (χ3v) is 4.29. The maximum absolute atomic E-state index is 13.6. The number of quaternary nitrogens is 1. The van der Waals surface area contributed by atoms with Gasteiger partial charge >= 0.3 is 0 Å². The van der Waals surface area contributed by atoms with Crippen LogP contribution in [0.2, 0.25) is 10.0 Å². The van der Waals surface area contributed by atoms with Crippen LogP contribution in [0.1, 0.15) is 25.5 Å². The summed E-state index contributed by atoms with van der Waals surface area (Å²) in [4.78, 5) is 23.1. The van der Waals surface area contributed by atoms with E-state index in [1.54, 1.807) is 29.6 Å². The Morgan fingerprint density at radius 3 is 2.23 bits per heavy atom. The number of anilines is 2. The van der Waals surface area contributed by atoms with Gasteiger partial charge < -0.3 is 16.0 Å². The first kappa shape index (κ1) is 20.2. The van der Waals surface area contributed by atoms with Crippen molar-refractivity contribution in [3.8, 4) is 0 Å². The van der Waals surface area contributed by atoms with Crippen molar-refractivity contribution >= 4 is 46.4 Å². The molecular weight excluding hydrogens is 380 g/mol. The SMILES string of the molecule is CC(=O)Nc1ccc(NC(=O)C[NH2+][C@H](C)c2cc(F)c(Cl)cc2Cl)cc1. The fourth-order valence-electron chi connectivity index (χ4n) is 2.35. The Hall–Kier alpha value is -2.15. The number of nitrogens with one attached hydrogen (secondary N) is 2. The third-order valence-electron chi connectivity index (χ3n) is 3.68. The van der Waals surface area contributed by atoms with Gasteiger partial charge in [0.2, 0.25) is 5.91 Å². The van der Waals surface area contributed by atoms with Crippen LogP contribution in [0.4, 0.5) is 15.8 Å². The lowest BCUT2D eigenvalue weighted by atomic mass is 10.1. The van der Waals surface area contributed by atoms with E-state index in [9.17, 15) is 14.0 Å². The van der Waals surface area contributed by atoms with Crippen LogP contribution in [0.5, 0.6) is 0 Å². The van der Waals surface area contributed by atoms with E-state index in [4.69, 9.17) is 23.2 Å². The number of hydrogen-bond acceptors (Lipinski definition) is 2. The van der Waals surface area contributed by atoms with Crippen LogP contribution in [0.3, 0.4) is 0 Å². The summed E-state index contributed by atoms with van der Waals surface area (Å²) in [5.74, 6) is -0.924. The Bertz CT molecular complexity index is 813. The van der Waals surface area contributed by atoms with Crippen LogP contribution in [-0.2, 0) is 9.59 Å². The molecule has 138 valence electrons. The highest BCUT2D eigenvalue weighted by Gasteiger charge is 2.17. The summed E-state index contributed by atoms with van der Waals surface area (Å²) in [5.41, 5.74) is 1.83. The predicted octanol–water partition coefficient (Wildman–Crippen LogP) is 3.35. The van der Waals surface area contributed by atoms with Crippen molar-refractivity contribution in [1.29, 1.82) is 0 Å². The first-order valence-electron chi connectivity index (χ1n) is 7.91. The summed E-state index contributed by atoms with van der Waals surface area (Å²) < 4.78 is 13.6. The fraction of sp³-hybridized carbons (Fsp3) is 0.222. The van der Waals surface area contributed by atoms with Crippen molar-refractivity contribution < 1.29 is 19.3 Å². The van der Waals surface area contributed by atoms with E-state index < -0.39 is 5.82 Å². The van der Waals surface area contributed by atoms with Gasteiger partial charge in [-0.25, -0.2) is 4.39 Å². The smallest absolute Gasteiger partial charge is 0.279 e. The van der Waals surface area contributed by atoms with Crippen LogP contribution < -0.4 is 16.0 Å². The van der Waals surface area contributed by atoms with Crippen molar-refractivity contribution in [3.63, 3.8) is 0 Å². The molecule has 0 spiro atoms. The summed E-state index contributed by atoms with van der Waals surface area (Å²) in [6.07, 6.45) is 0. The molecule has 0 aliphatic heterocycles. The molecule has 1 atom stereocenters. The molecule has 0 radical (unpaired) electrons. The van der Waals surface area contributed by atoms with Gasteiger partial charge in [0.1, 0.15) is 11.9 Å². The van der Waals surface area contributed by atoms with Gasteiger partial charge in [0.15, 0.2) is 6.54 Å². The van der Waals surface area contributed by atoms with E-state index in [1.165, 1.54) is 19.1 Å². The highest BCUT2D eigenvalue weighted by atomic mass is 35.5. The first-order valence-corrected chi connectivity index (χ1v) is 8.67. The minimum absolute atomic E-state index is 0.0357. The molecule has 8 heteroatoms. The highest BCUT2D eigenvalue weighted by molar-refractivity contribution is 6.35. The normalized spacial score (nSPS) is 11.7. The third kappa shape index (κ3) is 5.69. The second kappa shape index (κ2) is 8.98. The maximum atomic E-state index is 13.6. The summed E-state index contributed by atoms with van der Waals surface area (Å²) in [6.45, 7) is 3.38. The van der Waals surface area contributed by atoms with E-state index in [0.29, 0.717) is 22.0 Å². The number of carbonyl (C=O) groups excluding carboxylic acids is 2. The standard InChI is InChI=1S/C18H18Cl2FN3O2/c1-10(14-7-17(21)16(20)8-15(14)19)22-9-18(26)24-13-5-3-12(4-6-13)23-11(2)25/h3-8,10,22H,9H2,1-2H3,(H,23,25)(H,24,26)/p+1/t10-/m1/s1. The Morgan fingerprint density at radius 2 is 1.65 bits per heavy atom. The molecule has 5 nitrogen and oxygen atoms in total. The van der Waals surface area contributed by atoms with E-state index in [0.717, 1.165) is 0 Å². The van der Waals surface area contributed by atoms with E-state index in [1.807, 2.05) is 6.92 Å². The van der Waals surface area contributed by atoms with E-state index in [2.05, 4.69) is 10.6 Å². The van der Waals surface area contributed by atoms with Gasteiger partial charge in [-0.05, 0) is 43.3 Å². The molecule has 2 aromatic rings. The van der Waals surface area contributed by atoms with Crippen LogP contribution >= 0.6 is 23.2 Å². The topological polar surface area (TPSA) is 74.8 Å². The van der Waals surface area contributed by atoms with Gasteiger partial charge in [-0.1, -0.05) is 23.2 Å². The zero-order valence-electron chi connectivity index (χ0n) is 14.3. The quantitative estimate of drug-likeness (QED) is 0.652. The molecule has 0 unspecified atom stereocenters. The van der Waals surface area contributed by atoms with Crippen molar-refractivity contribution in [2.24, 2.45) is 0 Å². The van der Waals surface area contributed by atoms with Gasteiger partial charge in [-0.3, -0.25) is 9.59 Å². The summed E-state index contributed by atoms with van der Waals surface area (Å²) >= 11 is 11.8. The molecular formula is C18H19Cl2FN3O2+. The van der Waals surface area contributed by atoms with Crippen molar-refractivity contribution in [1.82, 2.24) is 0 Å². The molecule has 4 N–H and O–H groups in total. The molecule has 0 aliphatic rings. The number of amides is 2. The predicted molar refractivity (Wildman–Crippen MR) is 101 cm³/mol. The van der Waals surface area contributed by atoms with E-state index >= 15 is 0 Å². The van der Waals surface area contributed by atoms with Gasteiger partial charge in [0.05, 0.1) is 10.0 Å². The average molecular weight is 399 g/mol. The number of halogens is 3. The Balaban J connectivity index is 1.90. The van der Waals surface area contributed by atoms with Crippen molar-refractivity contribution in [2.75, 3.05) is 17.2 Å². The summed E-state index contributed by atoms with van der Waals surface area (Å²) in [6, 6.07) is 9.19. The second-order valence-electron chi connectivity index (χ2n) is 5.82. The van der Waals surface area contributed by atoms with Crippen LogP contribution in [-0.4, -0.2) is 18.4 Å². The van der Waals surface area contributed by atoms with Crippen molar-refractivity contribution in [3.05, 3.63) is 57.8 Å². The Kier molecular flexibility index (Phi) is 6.97. The molecule has 2 rings (SSSR count). The van der Waals surface area contributed by atoms with Crippen LogP contribution in [0.25, 0.3) is 0 Å². The van der Waals surface area contributed by atoms with Crippen molar-refractivity contribution in [2.45, 2.75) is 19.9 Å². The number of benzene rings is 2. The minimum atomic E-state index is -0.546. The zero-order chi connectivity index (χ0) is 19.3. The minimum Gasteiger partial charge on any atom is -0.332 e.